The maximum atomic E-state index is 10.5. The van der Waals surface area contributed by atoms with Crippen molar-refractivity contribution in [1.29, 1.82) is 0 Å². The highest BCUT2D eigenvalue weighted by Gasteiger charge is 2.37. The van der Waals surface area contributed by atoms with Crippen LogP contribution < -0.4 is 5.40 Å². The Morgan fingerprint density at radius 2 is 2.33 bits per heavy atom. The first-order valence-electron chi connectivity index (χ1n) is 3.35. The molecule has 1 unspecified atom stereocenters. The van der Waals surface area contributed by atoms with Crippen molar-refractivity contribution < 1.29 is 23.2 Å². The van der Waals surface area contributed by atoms with E-state index in [1.807, 2.05) is 0 Å². The Labute approximate surface area is 70.4 Å². The van der Waals surface area contributed by atoms with Crippen LogP contribution in [0.1, 0.15) is 0 Å². The second-order valence-corrected chi connectivity index (χ2v) is 3.09. The van der Waals surface area contributed by atoms with Crippen LogP contribution in [0.3, 0.4) is 0 Å². The third-order valence-electron chi connectivity index (χ3n) is 1.33. The number of hydrogen-bond acceptors (Lipinski definition) is 5. The molecule has 2 N–H and O–H groups in total. The minimum atomic E-state index is -2.69. The zero-order valence-electron chi connectivity index (χ0n) is 6.32. The Morgan fingerprint density at radius 1 is 1.58 bits per heavy atom. The number of aldehydes is 1. The number of hydrogen-bond donors (Lipinski definition) is 1. The lowest BCUT2D eigenvalue weighted by molar-refractivity contribution is -0.236. The molecule has 0 amide bonds. The third kappa shape index (κ3) is 2.09. The van der Waals surface area contributed by atoms with Crippen LogP contribution in [-0.2, 0) is 23.2 Å². The van der Waals surface area contributed by atoms with Gasteiger partial charge in [0.2, 0.25) is 0 Å². The number of carbonyl (C=O) groups is 1. The summed E-state index contributed by atoms with van der Waals surface area (Å²) in [6.45, 7) is 0.558. The Balaban J connectivity index is 2.59. The summed E-state index contributed by atoms with van der Waals surface area (Å²) in [5, 5.41) is 4.91. The molecule has 0 radical (unpaired) electrons. The lowest BCUT2D eigenvalue weighted by atomic mass is 10.3. The number of nitrogens with two attached hydrogens (primary N) is 1. The molecule has 1 heterocycles. The molecule has 1 aliphatic rings. The van der Waals surface area contributed by atoms with E-state index in [9.17, 15) is 9.26 Å². The smallest absolute Gasteiger partial charge is 0.473 e. The van der Waals surface area contributed by atoms with Crippen LogP contribution in [0, 0.1) is 0 Å². The van der Waals surface area contributed by atoms with Gasteiger partial charge in [-0.1, -0.05) is 0 Å². The summed E-state index contributed by atoms with van der Waals surface area (Å²) in [4.78, 5) is 10.5. The largest absolute Gasteiger partial charge is 0.635 e. The van der Waals surface area contributed by atoms with Crippen LogP contribution >= 0.6 is 0 Å². The fourth-order valence-corrected chi connectivity index (χ4v) is 1.36. The zero-order valence-corrected chi connectivity index (χ0v) is 7.32. The van der Waals surface area contributed by atoms with E-state index in [0.29, 0.717) is 12.9 Å². The molecular weight excluding hydrogens is 182 g/mol. The van der Waals surface area contributed by atoms with Crippen molar-refractivity contribution in [2.45, 2.75) is 5.79 Å². The summed E-state index contributed by atoms with van der Waals surface area (Å²) in [6.07, 6.45) is 0.404. The highest BCUT2D eigenvalue weighted by atomic mass is 28.3. The quantitative estimate of drug-likeness (QED) is 0.423. The van der Waals surface area contributed by atoms with Crippen LogP contribution in [0.5, 0.6) is 0 Å². The Morgan fingerprint density at radius 3 is 2.75 bits per heavy atom. The van der Waals surface area contributed by atoms with Crippen molar-refractivity contribution in [3.8, 4) is 0 Å². The summed E-state index contributed by atoms with van der Waals surface area (Å²) in [5.74, 6) is -1.55. The van der Waals surface area contributed by atoms with Gasteiger partial charge in [-0.15, -0.1) is 0 Å². The van der Waals surface area contributed by atoms with Crippen molar-refractivity contribution >= 4 is 15.4 Å². The predicted molar refractivity (Wildman–Crippen MR) is 37.3 cm³/mol. The fraction of sp³-hybridized carbons (Fsp3) is 0.800. The number of carbonyl (C=O) groups excluding carboxylic acids is 1. The van der Waals surface area contributed by atoms with E-state index in [2.05, 4.69) is 4.43 Å². The van der Waals surface area contributed by atoms with E-state index in [1.165, 1.54) is 0 Å². The summed E-state index contributed by atoms with van der Waals surface area (Å²) in [6, 6.07) is 0. The van der Waals surface area contributed by atoms with Gasteiger partial charge in [0.25, 0.3) is 5.79 Å². The molecule has 1 saturated heterocycles. The van der Waals surface area contributed by atoms with Crippen LogP contribution in [0.25, 0.3) is 0 Å². The van der Waals surface area contributed by atoms with Crippen LogP contribution in [-0.4, -0.2) is 41.0 Å². The van der Waals surface area contributed by atoms with Gasteiger partial charge < -0.3 is 23.8 Å². The summed E-state index contributed by atoms with van der Waals surface area (Å²) >= 11 is 0. The Kier molecular flexibility index (Phi) is 2.90. The standard InChI is InChI=1S/C5H9NO5Si/c6-12(8)11-5(3-7)4-9-1-2-10-5/h3H,1-2,4,6H2. The Hall–Kier alpha value is -0.793. The monoisotopic (exact) mass is 191 g/mol. The van der Waals surface area contributed by atoms with Gasteiger partial charge in [-0.2, -0.15) is 0 Å². The predicted octanol–water partition coefficient (Wildman–Crippen LogP) is -1.68. The van der Waals surface area contributed by atoms with Crippen molar-refractivity contribution in [2.75, 3.05) is 19.8 Å². The summed E-state index contributed by atoms with van der Waals surface area (Å²) in [5.41, 5.74) is 0. The topological polar surface area (TPSA) is 87.9 Å². The molecule has 0 spiro atoms. The fourth-order valence-electron chi connectivity index (χ4n) is 0.851. The first-order valence-corrected chi connectivity index (χ1v) is 4.74. The molecule has 0 saturated carbocycles. The molecule has 0 aromatic heterocycles. The van der Waals surface area contributed by atoms with E-state index in [1.54, 1.807) is 0 Å². The first kappa shape index (κ1) is 9.30. The lowest BCUT2D eigenvalue weighted by Crippen LogP contribution is -2.50. The molecular formula is C5H9NO5Si. The van der Waals surface area contributed by atoms with Gasteiger partial charge in [0.15, 0.2) is 6.29 Å². The molecule has 1 fully saturated rings. The van der Waals surface area contributed by atoms with E-state index in [4.69, 9.17) is 14.9 Å². The van der Waals surface area contributed by atoms with Crippen molar-refractivity contribution in [2.24, 2.45) is 5.40 Å². The van der Waals surface area contributed by atoms with Gasteiger partial charge in [-0.25, -0.2) is 0 Å². The molecule has 68 valence electrons. The molecule has 1 rings (SSSR count). The van der Waals surface area contributed by atoms with Crippen molar-refractivity contribution in [3.63, 3.8) is 0 Å². The van der Waals surface area contributed by atoms with Gasteiger partial charge in [0.1, 0.15) is 6.61 Å². The average Bonchev–Trinajstić information content (AvgIpc) is 2.05. The number of rotatable bonds is 3. The average molecular weight is 191 g/mol. The lowest BCUT2D eigenvalue weighted by Gasteiger charge is -2.30. The molecule has 1 aliphatic heterocycles. The highest BCUT2D eigenvalue weighted by Crippen LogP contribution is 2.14. The van der Waals surface area contributed by atoms with Crippen LogP contribution in [0.4, 0.5) is 0 Å². The van der Waals surface area contributed by atoms with Crippen molar-refractivity contribution in [3.05, 3.63) is 0 Å². The molecule has 12 heavy (non-hydrogen) atoms. The van der Waals surface area contributed by atoms with Crippen LogP contribution in [0.2, 0.25) is 0 Å². The SMILES string of the molecule is N[Si](=O)OC1(C=O)COCCO1. The number of ether oxygens (including phenoxy) is 2. The van der Waals surface area contributed by atoms with E-state index in [-0.39, 0.29) is 13.2 Å². The van der Waals surface area contributed by atoms with Crippen LogP contribution in [0.15, 0.2) is 0 Å². The van der Waals surface area contributed by atoms with Crippen molar-refractivity contribution in [1.82, 2.24) is 0 Å². The second kappa shape index (κ2) is 3.74. The Bertz CT molecular complexity index is 190. The first-order chi connectivity index (χ1) is 5.68. The molecule has 0 aromatic rings. The molecule has 0 aromatic carbocycles. The minimum Gasteiger partial charge on any atom is -0.473 e. The third-order valence-corrected chi connectivity index (χ3v) is 1.88. The van der Waals surface area contributed by atoms with Gasteiger partial charge in [-0.05, 0) is 0 Å². The molecule has 6 nitrogen and oxygen atoms in total. The summed E-state index contributed by atoms with van der Waals surface area (Å²) in [7, 11) is -2.69. The van der Waals surface area contributed by atoms with Gasteiger partial charge in [-0.3, -0.25) is 4.79 Å². The second-order valence-electron chi connectivity index (χ2n) is 2.25. The normalized spacial score (nSPS) is 29.3. The molecule has 7 heteroatoms. The molecule has 1 atom stereocenters. The highest BCUT2D eigenvalue weighted by molar-refractivity contribution is 6.30. The van der Waals surface area contributed by atoms with E-state index >= 15 is 0 Å². The zero-order chi connectivity index (χ0) is 9.03. The maximum Gasteiger partial charge on any atom is 0.635 e. The van der Waals surface area contributed by atoms with E-state index in [0.717, 1.165) is 0 Å². The minimum absolute atomic E-state index is 0.0654. The molecule has 0 bridgehead atoms. The maximum absolute atomic E-state index is 10.5. The van der Waals surface area contributed by atoms with Gasteiger partial charge in [0.05, 0.1) is 13.2 Å². The van der Waals surface area contributed by atoms with Gasteiger partial charge in [0, 0.05) is 0 Å². The van der Waals surface area contributed by atoms with E-state index < -0.39 is 14.9 Å². The summed E-state index contributed by atoms with van der Waals surface area (Å²) < 4.78 is 25.0. The van der Waals surface area contributed by atoms with Gasteiger partial charge >= 0.3 is 9.09 Å². The molecule has 0 aliphatic carbocycles.